The van der Waals surface area contributed by atoms with Crippen molar-refractivity contribution in [1.29, 1.82) is 0 Å². The second kappa shape index (κ2) is 2.49. The zero-order valence-corrected chi connectivity index (χ0v) is 8.12. The maximum atomic E-state index is 11.7. The third kappa shape index (κ3) is 0.918. The molecule has 0 aliphatic heterocycles. The van der Waals surface area contributed by atoms with Crippen LogP contribution in [0.4, 0.5) is 0 Å². The second-order valence-electron chi connectivity index (χ2n) is 5.13. The molecule has 2 heteroatoms. The molecule has 0 aromatic heterocycles. The van der Waals surface area contributed by atoms with E-state index in [2.05, 4.69) is 5.32 Å². The van der Waals surface area contributed by atoms with Crippen LogP contribution in [0.1, 0.15) is 25.7 Å². The molecule has 72 valence electrons. The fourth-order valence-corrected chi connectivity index (χ4v) is 4.31. The average Bonchev–Trinajstić information content (AvgIpc) is 2.54. The normalized spacial score (nSPS) is 51.3. The molecule has 0 radical (unpaired) electrons. The first kappa shape index (κ1) is 7.84. The Morgan fingerprint density at radius 3 is 2.62 bits per heavy atom. The predicted molar refractivity (Wildman–Crippen MR) is 50.0 cm³/mol. The predicted octanol–water partition coefficient (Wildman–Crippen LogP) is 1.41. The van der Waals surface area contributed by atoms with Crippen molar-refractivity contribution in [1.82, 2.24) is 5.32 Å². The third-order valence-corrected chi connectivity index (χ3v) is 4.61. The van der Waals surface area contributed by atoms with Crippen molar-refractivity contribution < 1.29 is 4.79 Å². The van der Waals surface area contributed by atoms with Crippen molar-refractivity contribution in [3.8, 4) is 0 Å². The molecule has 13 heavy (non-hydrogen) atoms. The number of rotatable bonds is 1. The lowest BCUT2D eigenvalue weighted by molar-refractivity contribution is -0.127. The topological polar surface area (TPSA) is 29.1 Å². The minimum atomic E-state index is 0.317. The summed E-state index contributed by atoms with van der Waals surface area (Å²) in [4.78, 5) is 11.7. The summed E-state index contributed by atoms with van der Waals surface area (Å²) in [5, 5.41) is 2.84. The lowest BCUT2D eigenvalue weighted by Crippen LogP contribution is -2.36. The van der Waals surface area contributed by atoms with Gasteiger partial charge in [0.25, 0.3) is 0 Å². The van der Waals surface area contributed by atoms with Gasteiger partial charge in [-0.2, -0.15) is 0 Å². The molecular weight excluding hydrogens is 162 g/mol. The number of amides is 1. The average molecular weight is 179 g/mol. The number of hydrogen-bond donors (Lipinski definition) is 1. The van der Waals surface area contributed by atoms with Gasteiger partial charge in [-0.05, 0) is 49.4 Å². The molecule has 0 aromatic rings. The molecule has 1 amide bonds. The fourth-order valence-electron chi connectivity index (χ4n) is 4.31. The summed E-state index contributed by atoms with van der Waals surface area (Å²) < 4.78 is 0. The van der Waals surface area contributed by atoms with Crippen LogP contribution in [0.2, 0.25) is 0 Å². The minimum absolute atomic E-state index is 0.317. The van der Waals surface area contributed by atoms with Crippen molar-refractivity contribution in [2.45, 2.75) is 25.7 Å². The van der Waals surface area contributed by atoms with E-state index in [4.69, 9.17) is 0 Å². The molecular formula is C11H17NO. The largest absolute Gasteiger partial charge is 0.359 e. The lowest BCUT2D eigenvalue weighted by Gasteiger charge is -2.30. The summed E-state index contributed by atoms with van der Waals surface area (Å²) in [5.74, 6) is 4.08. The van der Waals surface area contributed by atoms with Gasteiger partial charge in [0, 0.05) is 13.0 Å². The van der Waals surface area contributed by atoms with Crippen LogP contribution in [0, 0.1) is 29.6 Å². The van der Waals surface area contributed by atoms with Crippen LogP contribution in [0.5, 0.6) is 0 Å². The van der Waals surface area contributed by atoms with Gasteiger partial charge in [0.2, 0.25) is 5.91 Å². The summed E-state index contributed by atoms with van der Waals surface area (Å²) in [7, 11) is 1.78. The molecule has 1 N–H and O–H groups in total. The molecule has 5 atom stereocenters. The highest BCUT2D eigenvalue weighted by molar-refractivity contribution is 5.79. The van der Waals surface area contributed by atoms with Crippen LogP contribution in [-0.4, -0.2) is 13.0 Å². The number of carbonyl (C=O) groups is 1. The lowest BCUT2D eigenvalue weighted by atomic mass is 9.75. The summed E-state index contributed by atoms with van der Waals surface area (Å²) >= 11 is 0. The van der Waals surface area contributed by atoms with Crippen LogP contribution in [0.3, 0.4) is 0 Å². The van der Waals surface area contributed by atoms with E-state index in [1.807, 2.05) is 0 Å². The van der Waals surface area contributed by atoms with E-state index >= 15 is 0 Å². The molecule has 4 fully saturated rings. The Hall–Kier alpha value is -0.530. The number of carbonyl (C=O) groups excluding carboxylic acids is 1. The van der Waals surface area contributed by atoms with E-state index in [0.717, 1.165) is 23.7 Å². The zero-order valence-electron chi connectivity index (χ0n) is 8.12. The van der Waals surface area contributed by atoms with Gasteiger partial charge in [0.1, 0.15) is 0 Å². The quantitative estimate of drug-likeness (QED) is 0.648. The van der Waals surface area contributed by atoms with E-state index in [-0.39, 0.29) is 0 Å². The molecule has 0 aromatic carbocycles. The van der Waals surface area contributed by atoms with Crippen molar-refractivity contribution in [3.05, 3.63) is 0 Å². The third-order valence-electron chi connectivity index (χ3n) is 4.61. The maximum Gasteiger partial charge on any atom is 0.223 e. The van der Waals surface area contributed by atoms with Crippen LogP contribution in [-0.2, 0) is 4.79 Å². The van der Waals surface area contributed by atoms with Crippen LogP contribution < -0.4 is 5.32 Å². The molecule has 4 saturated carbocycles. The summed E-state index contributed by atoms with van der Waals surface area (Å²) in [6.45, 7) is 0. The van der Waals surface area contributed by atoms with Crippen molar-refractivity contribution in [2.24, 2.45) is 29.6 Å². The van der Waals surface area contributed by atoms with E-state index in [1.165, 1.54) is 25.7 Å². The number of hydrogen-bond acceptors (Lipinski definition) is 1. The highest BCUT2D eigenvalue weighted by Gasteiger charge is 2.55. The van der Waals surface area contributed by atoms with Gasteiger partial charge in [0.05, 0.1) is 0 Å². The van der Waals surface area contributed by atoms with Crippen molar-refractivity contribution >= 4 is 5.91 Å². The van der Waals surface area contributed by atoms with Gasteiger partial charge < -0.3 is 5.32 Å². The van der Waals surface area contributed by atoms with Gasteiger partial charge in [-0.25, -0.2) is 0 Å². The van der Waals surface area contributed by atoms with Crippen molar-refractivity contribution in [3.63, 3.8) is 0 Å². The Labute approximate surface area is 79.1 Å². The van der Waals surface area contributed by atoms with E-state index in [1.54, 1.807) is 7.05 Å². The fraction of sp³-hybridized carbons (Fsp3) is 0.909. The molecule has 0 spiro atoms. The summed E-state index contributed by atoms with van der Waals surface area (Å²) in [6, 6.07) is 0. The van der Waals surface area contributed by atoms with E-state index in [0.29, 0.717) is 11.8 Å². The smallest absolute Gasteiger partial charge is 0.223 e. The molecule has 4 bridgehead atoms. The van der Waals surface area contributed by atoms with Gasteiger partial charge in [-0.3, -0.25) is 4.79 Å². The Morgan fingerprint density at radius 1 is 1.15 bits per heavy atom. The Morgan fingerprint density at radius 2 is 1.92 bits per heavy atom. The molecule has 4 aliphatic carbocycles. The molecule has 0 saturated heterocycles. The summed E-state index contributed by atoms with van der Waals surface area (Å²) in [5.41, 5.74) is 0. The highest BCUT2D eigenvalue weighted by Crippen LogP contribution is 2.60. The highest BCUT2D eigenvalue weighted by atomic mass is 16.1. The first-order chi connectivity index (χ1) is 6.29. The van der Waals surface area contributed by atoms with E-state index < -0.39 is 0 Å². The van der Waals surface area contributed by atoms with Crippen molar-refractivity contribution in [2.75, 3.05) is 7.05 Å². The molecule has 5 unspecified atom stereocenters. The van der Waals surface area contributed by atoms with Crippen LogP contribution in [0.25, 0.3) is 0 Å². The standard InChI is InChI=1S/C11H17NO/c1-12-11(13)10-8-3-6-2-7(5-8)9(10)4-6/h6-10H,2-5H2,1H3,(H,12,13). The molecule has 4 aliphatic rings. The Kier molecular flexibility index (Phi) is 1.50. The Balaban J connectivity index is 1.87. The maximum absolute atomic E-state index is 11.7. The SMILES string of the molecule is CNC(=O)C1C2CC3CC(C2)C1C3. The van der Waals surface area contributed by atoms with E-state index in [9.17, 15) is 4.79 Å². The zero-order chi connectivity index (χ0) is 9.00. The van der Waals surface area contributed by atoms with Gasteiger partial charge in [-0.15, -0.1) is 0 Å². The van der Waals surface area contributed by atoms with Crippen LogP contribution in [0.15, 0.2) is 0 Å². The first-order valence-corrected chi connectivity index (χ1v) is 5.51. The van der Waals surface area contributed by atoms with Gasteiger partial charge in [-0.1, -0.05) is 0 Å². The number of nitrogens with one attached hydrogen (secondary N) is 1. The minimum Gasteiger partial charge on any atom is -0.359 e. The van der Waals surface area contributed by atoms with Gasteiger partial charge in [0.15, 0.2) is 0 Å². The Bertz CT molecular complexity index is 246. The summed E-state index contributed by atoms with van der Waals surface area (Å²) in [6.07, 6.45) is 5.46. The molecule has 0 heterocycles. The van der Waals surface area contributed by atoms with Crippen LogP contribution >= 0.6 is 0 Å². The monoisotopic (exact) mass is 179 g/mol. The van der Waals surface area contributed by atoms with Gasteiger partial charge >= 0.3 is 0 Å². The second-order valence-corrected chi connectivity index (χ2v) is 5.13. The molecule has 2 nitrogen and oxygen atoms in total. The molecule has 4 rings (SSSR count). The first-order valence-electron chi connectivity index (χ1n) is 5.51.